The molecule has 2 amide bonds. The number of rotatable bonds is 12. The third-order valence-corrected chi connectivity index (χ3v) is 7.35. The van der Waals surface area contributed by atoms with Crippen LogP contribution in [0.15, 0.2) is 66.7 Å². The Morgan fingerprint density at radius 1 is 1.02 bits per heavy atom. The van der Waals surface area contributed by atoms with Crippen LogP contribution in [0.3, 0.4) is 0 Å². The minimum absolute atomic E-state index is 0.0351. The molecule has 41 heavy (non-hydrogen) atoms. The molecule has 9 heteroatoms. The van der Waals surface area contributed by atoms with Crippen LogP contribution in [-0.2, 0) is 22.4 Å². The Morgan fingerprint density at radius 3 is 2.34 bits per heavy atom. The molecule has 1 aliphatic carbocycles. The van der Waals surface area contributed by atoms with E-state index in [4.69, 9.17) is 16.3 Å². The predicted molar refractivity (Wildman–Crippen MR) is 161 cm³/mol. The number of benzene rings is 3. The molecule has 0 unspecified atom stereocenters. The van der Waals surface area contributed by atoms with Crippen molar-refractivity contribution in [2.45, 2.75) is 38.8 Å². The quantitative estimate of drug-likeness (QED) is 0.309. The number of nitriles is 1. The molecule has 0 heterocycles. The molecule has 0 radical (unpaired) electrons. The van der Waals surface area contributed by atoms with E-state index in [-0.39, 0.29) is 30.9 Å². The van der Waals surface area contributed by atoms with E-state index >= 15 is 0 Å². The van der Waals surface area contributed by atoms with Gasteiger partial charge in [-0.3, -0.25) is 9.59 Å². The highest BCUT2D eigenvalue weighted by atomic mass is 35.5. The fraction of sp³-hybridized carbons (Fsp3) is 0.344. The number of ether oxygens (including phenoxy) is 1. The van der Waals surface area contributed by atoms with Crippen LogP contribution < -0.4 is 20.3 Å². The second-order valence-electron chi connectivity index (χ2n) is 10.5. The van der Waals surface area contributed by atoms with Gasteiger partial charge in [0.05, 0.1) is 30.4 Å². The van der Waals surface area contributed by atoms with Crippen LogP contribution in [0.4, 0.5) is 5.69 Å². The van der Waals surface area contributed by atoms with E-state index in [1.807, 2.05) is 33.0 Å². The molecule has 4 rings (SSSR count). The maximum atomic E-state index is 13.7. The van der Waals surface area contributed by atoms with Crippen LogP contribution in [-0.4, -0.2) is 62.0 Å². The molecule has 0 aliphatic heterocycles. The second kappa shape index (κ2) is 14.0. The lowest BCUT2D eigenvalue weighted by molar-refractivity contribution is -0.130. The third-order valence-electron chi connectivity index (χ3n) is 7.10. The van der Waals surface area contributed by atoms with E-state index in [1.54, 1.807) is 52.3 Å². The first-order valence-corrected chi connectivity index (χ1v) is 14.2. The lowest BCUT2D eigenvalue weighted by Gasteiger charge is -2.30. The summed E-state index contributed by atoms with van der Waals surface area (Å²) in [4.78, 5) is 30.2. The Kier molecular flexibility index (Phi) is 10.2. The molecular formula is C32H36ClN5O3. The molecule has 1 aliphatic rings. The van der Waals surface area contributed by atoms with E-state index in [2.05, 4.69) is 28.8 Å². The summed E-state index contributed by atoms with van der Waals surface area (Å²) >= 11 is 6.04. The van der Waals surface area contributed by atoms with Crippen molar-refractivity contribution < 1.29 is 14.3 Å². The molecule has 8 nitrogen and oxygen atoms in total. The SMILES string of the molecule is CC(C)NCCNC(=O)CN(CC(=O)N(C)C1Cc2ccccc2C1)c1cc(C#N)ccc1Oc1ccc(Cl)cc1. The average molecular weight is 574 g/mol. The summed E-state index contributed by atoms with van der Waals surface area (Å²) in [5.74, 6) is 0.594. The second-order valence-corrected chi connectivity index (χ2v) is 10.9. The summed E-state index contributed by atoms with van der Waals surface area (Å²) in [6.45, 7) is 5.01. The number of amides is 2. The van der Waals surface area contributed by atoms with Crippen molar-refractivity contribution in [1.82, 2.24) is 15.5 Å². The van der Waals surface area contributed by atoms with E-state index in [0.29, 0.717) is 46.9 Å². The van der Waals surface area contributed by atoms with Crippen molar-refractivity contribution in [2.24, 2.45) is 0 Å². The summed E-state index contributed by atoms with van der Waals surface area (Å²) in [7, 11) is 1.81. The van der Waals surface area contributed by atoms with Crippen LogP contribution in [0, 0.1) is 11.3 Å². The van der Waals surface area contributed by atoms with Crippen molar-refractivity contribution >= 4 is 29.1 Å². The largest absolute Gasteiger partial charge is 0.455 e. The first-order valence-electron chi connectivity index (χ1n) is 13.8. The number of nitrogens with zero attached hydrogens (tertiary/aromatic N) is 3. The van der Waals surface area contributed by atoms with Gasteiger partial charge in [0.2, 0.25) is 11.8 Å². The normalized spacial score (nSPS) is 12.5. The van der Waals surface area contributed by atoms with E-state index < -0.39 is 0 Å². The van der Waals surface area contributed by atoms with E-state index in [9.17, 15) is 14.9 Å². The molecule has 214 valence electrons. The van der Waals surface area contributed by atoms with Gasteiger partial charge in [-0.25, -0.2) is 0 Å². The number of anilines is 1. The molecule has 0 fully saturated rings. The highest BCUT2D eigenvalue weighted by molar-refractivity contribution is 6.30. The molecule has 0 saturated carbocycles. The number of likely N-dealkylation sites (N-methyl/N-ethyl adjacent to an activating group) is 1. The zero-order valence-electron chi connectivity index (χ0n) is 23.7. The topological polar surface area (TPSA) is 97.7 Å². The Bertz CT molecular complexity index is 1380. The number of halogens is 1. The minimum Gasteiger partial charge on any atom is -0.455 e. The zero-order valence-corrected chi connectivity index (χ0v) is 24.4. The van der Waals surface area contributed by atoms with Crippen LogP contribution >= 0.6 is 11.6 Å². The van der Waals surface area contributed by atoms with Crippen molar-refractivity contribution in [1.29, 1.82) is 5.26 Å². The highest BCUT2D eigenvalue weighted by Gasteiger charge is 2.29. The van der Waals surface area contributed by atoms with Crippen molar-refractivity contribution in [2.75, 3.05) is 38.1 Å². The van der Waals surface area contributed by atoms with Crippen LogP contribution in [0.25, 0.3) is 0 Å². The number of carbonyl (C=O) groups excluding carboxylic acids is 2. The zero-order chi connectivity index (χ0) is 29.4. The molecule has 3 aromatic rings. The van der Waals surface area contributed by atoms with Gasteiger partial charge in [0.25, 0.3) is 0 Å². The van der Waals surface area contributed by atoms with Gasteiger partial charge in [-0.2, -0.15) is 5.26 Å². The molecule has 3 aromatic carbocycles. The molecule has 0 atom stereocenters. The smallest absolute Gasteiger partial charge is 0.242 e. The fourth-order valence-electron chi connectivity index (χ4n) is 4.86. The molecule has 0 bridgehead atoms. The van der Waals surface area contributed by atoms with Gasteiger partial charge in [0.1, 0.15) is 5.75 Å². The first-order chi connectivity index (χ1) is 19.7. The maximum Gasteiger partial charge on any atom is 0.242 e. The first kappa shape index (κ1) is 29.9. The van der Waals surface area contributed by atoms with Crippen LogP contribution in [0.5, 0.6) is 11.5 Å². The number of hydrogen-bond acceptors (Lipinski definition) is 6. The number of hydrogen-bond donors (Lipinski definition) is 2. The average Bonchev–Trinajstić information content (AvgIpc) is 3.40. The Hall–Kier alpha value is -4.06. The fourth-order valence-corrected chi connectivity index (χ4v) is 4.98. The van der Waals surface area contributed by atoms with Crippen LogP contribution in [0.1, 0.15) is 30.5 Å². The third kappa shape index (κ3) is 8.23. The number of carbonyl (C=O) groups is 2. The van der Waals surface area contributed by atoms with Gasteiger partial charge in [-0.05, 0) is 66.4 Å². The van der Waals surface area contributed by atoms with Crippen molar-refractivity contribution in [3.05, 3.63) is 88.4 Å². The summed E-state index contributed by atoms with van der Waals surface area (Å²) < 4.78 is 6.16. The Balaban J connectivity index is 1.57. The number of nitrogens with one attached hydrogen (secondary N) is 2. The summed E-state index contributed by atoms with van der Waals surface area (Å²) in [5.41, 5.74) is 3.38. The summed E-state index contributed by atoms with van der Waals surface area (Å²) in [5, 5.41) is 16.4. The Labute approximate surface area is 246 Å². The molecule has 0 aromatic heterocycles. The lowest BCUT2D eigenvalue weighted by Crippen LogP contribution is -2.47. The van der Waals surface area contributed by atoms with E-state index in [0.717, 1.165) is 12.8 Å². The standard InChI is InChI=1S/C32H36ClN5O3/c1-22(2)35-14-15-36-31(39)20-38(21-32(40)37(3)27-17-24-6-4-5-7-25(24)18-27)29-16-23(19-34)8-13-30(29)41-28-11-9-26(33)10-12-28/h4-13,16,22,27,35H,14-15,17-18,20-21H2,1-3H3,(H,36,39). The van der Waals surface area contributed by atoms with Gasteiger partial charge >= 0.3 is 0 Å². The van der Waals surface area contributed by atoms with Gasteiger partial charge in [-0.15, -0.1) is 0 Å². The predicted octanol–water partition coefficient (Wildman–Crippen LogP) is 4.55. The van der Waals surface area contributed by atoms with Gasteiger partial charge in [0, 0.05) is 37.2 Å². The van der Waals surface area contributed by atoms with Gasteiger partial charge in [0.15, 0.2) is 5.75 Å². The molecule has 2 N–H and O–H groups in total. The molecule has 0 saturated heterocycles. The minimum atomic E-state index is -0.237. The highest BCUT2D eigenvalue weighted by Crippen LogP contribution is 2.34. The summed E-state index contributed by atoms with van der Waals surface area (Å²) in [6, 6.07) is 22.6. The van der Waals surface area contributed by atoms with Gasteiger partial charge < -0.3 is 25.2 Å². The van der Waals surface area contributed by atoms with Crippen molar-refractivity contribution in [3.63, 3.8) is 0 Å². The number of fused-ring (bicyclic) bond motifs is 1. The molecule has 0 spiro atoms. The maximum absolute atomic E-state index is 13.7. The monoisotopic (exact) mass is 573 g/mol. The molecular weight excluding hydrogens is 538 g/mol. The van der Waals surface area contributed by atoms with E-state index in [1.165, 1.54) is 11.1 Å². The van der Waals surface area contributed by atoms with Crippen LogP contribution in [0.2, 0.25) is 5.02 Å². The Morgan fingerprint density at radius 2 is 1.71 bits per heavy atom. The van der Waals surface area contributed by atoms with Crippen molar-refractivity contribution in [3.8, 4) is 17.6 Å². The van der Waals surface area contributed by atoms with Gasteiger partial charge in [-0.1, -0.05) is 49.7 Å². The summed E-state index contributed by atoms with van der Waals surface area (Å²) in [6.07, 6.45) is 1.58. The lowest BCUT2D eigenvalue weighted by atomic mass is 10.1.